The van der Waals surface area contributed by atoms with Gasteiger partial charge in [-0.1, -0.05) is 27.5 Å². The predicted molar refractivity (Wildman–Crippen MR) is 82.0 cm³/mol. The molecule has 24 heavy (non-hydrogen) atoms. The minimum absolute atomic E-state index is 0.0361. The van der Waals surface area contributed by atoms with Crippen LogP contribution in [0.2, 0.25) is 5.02 Å². The lowest BCUT2D eigenvalue weighted by Crippen LogP contribution is -2.06. The monoisotopic (exact) mass is 425 g/mol. The molecule has 1 aromatic carbocycles. The van der Waals surface area contributed by atoms with E-state index in [0.717, 1.165) is 0 Å². The van der Waals surface area contributed by atoms with Crippen molar-refractivity contribution in [2.75, 3.05) is 13.2 Å². The van der Waals surface area contributed by atoms with Gasteiger partial charge in [-0.25, -0.2) is 4.39 Å². The van der Waals surface area contributed by atoms with Crippen molar-refractivity contribution < 1.29 is 27.0 Å². The van der Waals surface area contributed by atoms with Crippen molar-refractivity contribution >= 4 is 27.5 Å². The number of ether oxygens (including phenoxy) is 2. The van der Waals surface area contributed by atoms with Crippen LogP contribution in [0.4, 0.5) is 17.6 Å². The highest BCUT2D eigenvalue weighted by molar-refractivity contribution is 9.10. The van der Waals surface area contributed by atoms with Gasteiger partial charge in [0, 0.05) is 21.8 Å². The summed E-state index contributed by atoms with van der Waals surface area (Å²) in [6.45, 7) is 0.784. The Kier molecular flexibility index (Phi) is 4.83. The third-order valence-corrected chi connectivity index (χ3v) is 4.36. The van der Waals surface area contributed by atoms with Crippen molar-refractivity contribution in [3.63, 3.8) is 0 Å². The Morgan fingerprint density at radius 1 is 1.17 bits per heavy atom. The van der Waals surface area contributed by atoms with Gasteiger partial charge < -0.3 is 9.47 Å². The van der Waals surface area contributed by atoms with Gasteiger partial charge in [-0.15, -0.1) is 0 Å². The van der Waals surface area contributed by atoms with Gasteiger partial charge in [0.05, 0.1) is 29.5 Å². The summed E-state index contributed by atoms with van der Waals surface area (Å²) in [4.78, 5) is 3.68. The highest BCUT2D eigenvalue weighted by Crippen LogP contribution is 2.38. The van der Waals surface area contributed by atoms with E-state index in [1.54, 1.807) is 0 Å². The Hall–Kier alpha value is -1.22. The molecule has 1 aliphatic rings. The number of pyridine rings is 1. The summed E-state index contributed by atoms with van der Waals surface area (Å²) in [5.74, 6) is -0.683. The molecule has 0 atom stereocenters. The summed E-state index contributed by atoms with van der Waals surface area (Å²) in [7, 11) is 0. The molecule has 1 aliphatic heterocycles. The molecule has 1 aromatic heterocycles. The number of rotatable bonds is 2. The fraction of sp³-hybridized carbons (Fsp3) is 0.267. The van der Waals surface area contributed by atoms with E-state index in [4.69, 9.17) is 21.1 Å². The molecule has 1 fully saturated rings. The molecular formula is C15H9BrClF4NO2. The first-order chi connectivity index (χ1) is 11.3. The van der Waals surface area contributed by atoms with Crippen LogP contribution in [0.3, 0.4) is 0 Å². The molecule has 0 saturated carbocycles. The molecule has 3 rings (SSSR count). The summed E-state index contributed by atoms with van der Waals surface area (Å²) in [5.41, 5.74) is -0.627. The van der Waals surface area contributed by atoms with Gasteiger partial charge in [-0.05, 0) is 18.2 Å². The zero-order chi connectivity index (χ0) is 17.5. The van der Waals surface area contributed by atoms with Gasteiger partial charge in [0.25, 0.3) is 0 Å². The topological polar surface area (TPSA) is 31.4 Å². The Morgan fingerprint density at radius 3 is 2.42 bits per heavy atom. The first kappa shape index (κ1) is 17.6. The van der Waals surface area contributed by atoms with Crippen LogP contribution in [0.25, 0.3) is 11.3 Å². The molecule has 3 nitrogen and oxygen atoms in total. The van der Waals surface area contributed by atoms with Gasteiger partial charge in [0.1, 0.15) is 5.82 Å². The van der Waals surface area contributed by atoms with E-state index < -0.39 is 23.8 Å². The smallest absolute Gasteiger partial charge is 0.346 e. The van der Waals surface area contributed by atoms with Crippen LogP contribution >= 0.6 is 27.5 Å². The van der Waals surface area contributed by atoms with E-state index in [1.165, 1.54) is 12.1 Å². The minimum atomic E-state index is -4.58. The van der Waals surface area contributed by atoms with Crippen molar-refractivity contribution in [3.8, 4) is 11.3 Å². The molecule has 0 radical (unpaired) electrons. The molecular weight excluding hydrogens is 418 g/mol. The number of aromatic nitrogens is 1. The number of halogens is 6. The van der Waals surface area contributed by atoms with Gasteiger partial charge >= 0.3 is 6.18 Å². The van der Waals surface area contributed by atoms with Crippen LogP contribution in [-0.2, 0) is 15.7 Å². The van der Waals surface area contributed by atoms with Gasteiger partial charge in [-0.2, -0.15) is 13.2 Å². The van der Waals surface area contributed by atoms with Crippen molar-refractivity contribution in [2.24, 2.45) is 0 Å². The SMILES string of the molecule is Fc1cc(Br)c(C2OCCO2)cc1-c1ncc(C(F)(F)F)cc1Cl. The second-order valence-corrected chi connectivity index (χ2v) is 6.24. The lowest BCUT2D eigenvalue weighted by molar-refractivity contribution is -0.137. The van der Waals surface area contributed by atoms with Crippen molar-refractivity contribution in [2.45, 2.75) is 12.5 Å². The summed E-state index contributed by atoms with van der Waals surface area (Å²) >= 11 is 9.11. The van der Waals surface area contributed by atoms with E-state index in [-0.39, 0.29) is 16.3 Å². The van der Waals surface area contributed by atoms with E-state index in [9.17, 15) is 17.6 Å². The maximum Gasteiger partial charge on any atom is 0.417 e. The number of hydrogen-bond donors (Lipinski definition) is 0. The second-order valence-electron chi connectivity index (χ2n) is 4.98. The number of alkyl halides is 3. The Labute approximate surface area is 147 Å². The molecule has 0 bridgehead atoms. The van der Waals surface area contributed by atoms with E-state index in [1.807, 2.05) is 0 Å². The third-order valence-electron chi connectivity index (χ3n) is 3.39. The largest absolute Gasteiger partial charge is 0.417 e. The van der Waals surface area contributed by atoms with Crippen LogP contribution < -0.4 is 0 Å². The first-order valence-corrected chi connectivity index (χ1v) is 7.89. The predicted octanol–water partition coefficient (Wildman–Crippen LogP) is 5.37. The minimum Gasteiger partial charge on any atom is -0.346 e. The molecule has 2 aromatic rings. The van der Waals surface area contributed by atoms with Crippen LogP contribution in [0.1, 0.15) is 17.4 Å². The molecule has 128 valence electrons. The zero-order valence-corrected chi connectivity index (χ0v) is 14.2. The van der Waals surface area contributed by atoms with Crippen molar-refractivity contribution in [1.29, 1.82) is 0 Å². The number of hydrogen-bond acceptors (Lipinski definition) is 3. The quantitative estimate of drug-likeness (QED) is 0.605. The summed E-state index contributed by atoms with van der Waals surface area (Å²) in [6, 6.07) is 3.29. The third kappa shape index (κ3) is 3.42. The number of nitrogens with zero attached hydrogens (tertiary/aromatic N) is 1. The first-order valence-electron chi connectivity index (χ1n) is 6.72. The maximum atomic E-state index is 14.3. The van der Waals surface area contributed by atoms with Crippen LogP contribution in [0.15, 0.2) is 28.9 Å². The molecule has 0 aliphatic carbocycles. The van der Waals surface area contributed by atoms with Gasteiger partial charge in [0.2, 0.25) is 0 Å². The molecule has 0 N–H and O–H groups in total. The molecule has 0 unspecified atom stereocenters. The average Bonchev–Trinajstić information content (AvgIpc) is 3.01. The average molecular weight is 427 g/mol. The second kappa shape index (κ2) is 6.59. The molecule has 0 spiro atoms. The Bertz CT molecular complexity index is 779. The van der Waals surface area contributed by atoms with E-state index in [0.29, 0.717) is 35.5 Å². The Morgan fingerprint density at radius 2 is 1.83 bits per heavy atom. The van der Waals surface area contributed by atoms with Crippen molar-refractivity contribution in [1.82, 2.24) is 4.98 Å². The lowest BCUT2D eigenvalue weighted by atomic mass is 10.1. The number of benzene rings is 1. The van der Waals surface area contributed by atoms with Gasteiger partial charge in [-0.3, -0.25) is 4.98 Å². The molecule has 0 amide bonds. The molecule has 9 heteroatoms. The van der Waals surface area contributed by atoms with Crippen molar-refractivity contribution in [3.05, 3.63) is 50.8 Å². The highest BCUT2D eigenvalue weighted by atomic mass is 79.9. The molecule has 1 saturated heterocycles. The van der Waals surface area contributed by atoms with E-state index >= 15 is 0 Å². The summed E-state index contributed by atoms with van der Waals surface area (Å²) < 4.78 is 63.5. The fourth-order valence-corrected chi connectivity index (χ4v) is 3.03. The fourth-order valence-electron chi connectivity index (χ4n) is 2.26. The summed E-state index contributed by atoms with van der Waals surface area (Å²) in [5, 5.41) is -0.301. The van der Waals surface area contributed by atoms with E-state index in [2.05, 4.69) is 20.9 Å². The normalized spacial score (nSPS) is 15.9. The highest BCUT2D eigenvalue weighted by Gasteiger charge is 2.32. The Balaban J connectivity index is 2.07. The maximum absolute atomic E-state index is 14.3. The summed E-state index contributed by atoms with van der Waals surface area (Å²) in [6.07, 6.45) is -4.65. The van der Waals surface area contributed by atoms with Crippen LogP contribution in [-0.4, -0.2) is 18.2 Å². The van der Waals surface area contributed by atoms with Crippen LogP contribution in [0.5, 0.6) is 0 Å². The standard InChI is InChI=1S/C15H9BrClF4NO2/c16-10-5-12(18)9(4-8(10)14-23-1-2-24-14)13-11(17)3-7(6-22-13)15(19,20)21/h3-6,14H,1-2H2. The zero-order valence-electron chi connectivity index (χ0n) is 11.8. The molecule has 2 heterocycles. The van der Waals surface area contributed by atoms with Crippen LogP contribution in [0, 0.1) is 5.82 Å². The lowest BCUT2D eigenvalue weighted by Gasteiger charge is -2.15. The van der Waals surface area contributed by atoms with Gasteiger partial charge in [0.15, 0.2) is 6.29 Å².